The highest BCUT2D eigenvalue weighted by atomic mass is 15.0. The van der Waals surface area contributed by atoms with E-state index in [0.29, 0.717) is 5.56 Å². The monoisotopic (exact) mass is 247 g/mol. The molecule has 0 radical (unpaired) electrons. The average molecular weight is 247 g/mol. The van der Waals surface area contributed by atoms with E-state index in [1.165, 1.54) is 0 Å². The molecule has 2 heterocycles. The van der Waals surface area contributed by atoms with E-state index in [9.17, 15) is 0 Å². The summed E-state index contributed by atoms with van der Waals surface area (Å²) in [6.07, 6.45) is 1.66. The summed E-state index contributed by atoms with van der Waals surface area (Å²) >= 11 is 0. The Kier molecular flexibility index (Phi) is 2.79. The first kappa shape index (κ1) is 11.2. The summed E-state index contributed by atoms with van der Waals surface area (Å²) in [7, 11) is 0. The summed E-state index contributed by atoms with van der Waals surface area (Å²) in [5, 5.41) is 13.0. The number of nitrogens with zero attached hydrogens (tertiary/aromatic N) is 2. The molecule has 2 aromatic heterocycles. The van der Waals surface area contributed by atoms with Crippen LogP contribution in [0, 0.1) is 11.3 Å². The molecule has 0 unspecified atom stereocenters. The number of aromatic amines is 1. The van der Waals surface area contributed by atoms with Gasteiger partial charge in [-0.15, -0.1) is 0 Å². The third-order valence-corrected chi connectivity index (χ3v) is 2.80. The fraction of sp³-hybridized carbons (Fsp3) is 0. The van der Waals surface area contributed by atoms with Gasteiger partial charge in [-0.05, 0) is 18.2 Å². The molecule has 4 nitrogen and oxygen atoms in total. The van der Waals surface area contributed by atoms with E-state index in [1.807, 2.05) is 42.5 Å². The second-order valence-electron chi connectivity index (χ2n) is 4.12. The van der Waals surface area contributed by atoms with Crippen LogP contribution in [0.15, 0.2) is 54.7 Å². The maximum atomic E-state index is 8.73. The number of rotatable bonds is 2. The van der Waals surface area contributed by atoms with Gasteiger partial charge in [0.25, 0.3) is 5.82 Å². The Labute approximate surface area is 110 Å². The van der Waals surface area contributed by atoms with Gasteiger partial charge in [0.1, 0.15) is 12.3 Å². The lowest BCUT2D eigenvalue weighted by Gasteiger charge is -2.00. The molecule has 3 aromatic rings. The fourth-order valence-corrected chi connectivity index (χ4v) is 1.85. The van der Waals surface area contributed by atoms with Gasteiger partial charge in [0.2, 0.25) is 5.82 Å². The average Bonchev–Trinajstić information content (AvgIpc) is 2.48. The molecule has 0 saturated carbocycles. The molecule has 0 aliphatic carbocycles. The van der Waals surface area contributed by atoms with E-state index in [4.69, 9.17) is 5.26 Å². The number of fused-ring (bicyclic) bond motifs is 1. The molecule has 90 valence electrons. The zero-order valence-corrected chi connectivity index (χ0v) is 10.1. The van der Waals surface area contributed by atoms with E-state index >= 15 is 0 Å². The Bertz CT molecular complexity index is 757. The smallest absolute Gasteiger partial charge is 0.246 e. The van der Waals surface area contributed by atoms with E-state index in [-0.39, 0.29) is 0 Å². The van der Waals surface area contributed by atoms with Crippen LogP contribution in [-0.2, 0) is 0 Å². The van der Waals surface area contributed by atoms with Gasteiger partial charge in [0, 0.05) is 17.5 Å². The summed E-state index contributed by atoms with van der Waals surface area (Å²) in [6.45, 7) is 0. The van der Waals surface area contributed by atoms with Gasteiger partial charge >= 0.3 is 0 Å². The van der Waals surface area contributed by atoms with Crippen LogP contribution in [0.5, 0.6) is 0 Å². The Balaban J connectivity index is 1.90. The summed E-state index contributed by atoms with van der Waals surface area (Å²) in [4.78, 5) is 7.53. The fourth-order valence-electron chi connectivity index (χ4n) is 1.85. The largest absolute Gasteiger partial charge is 0.278 e. The van der Waals surface area contributed by atoms with Gasteiger partial charge in [0.15, 0.2) is 0 Å². The molecule has 0 spiro atoms. The van der Waals surface area contributed by atoms with Crippen LogP contribution in [0.3, 0.4) is 0 Å². The molecular formula is C15H11N4+. The van der Waals surface area contributed by atoms with Crippen molar-refractivity contribution in [2.45, 2.75) is 0 Å². The summed E-state index contributed by atoms with van der Waals surface area (Å²) in [5.74, 6) is 1.56. The Morgan fingerprint density at radius 3 is 2.74 bits per heavy atom. The van der Waals surface area contributed by atoms with Gasteiger partial charge in [-0.3, -0.25) is 0 Å². The normalized spacial score (nSPS) is 10.1. The highest BCUT2D eigenvalue weighted by Gasteiger charge is 2.05. The number of anilines is 2. The van der Waals surface area contributed by atoms with E-state index in [0.717, 1.165) is 22.5 Å². The molecule has 19 heavy (non-hydrogen) atoms. The van der Waals surface area contributed by atoms with E-state index < -0.39 is 0 Å². The molecular weight excluding hydrogens is 236 g/mol. The van der Waals surface area contributed by atoms with Crippen molar-refractivity contribution in [3.63, 3.8) is 0 Å². The summed E-state index contributed by atoms with van der Waals surface area (Å²) < 4.78 is 0. The summed E-state index contributed by atoms with van der Waals surface area (Å²) in [6, 6.07) is 17.5. The number of benzene rings is 1. The molecule has 0 saturated heterocycles. The van der Waals surface area contributed by atoms with Crippen molar-refractivity contribution in [2.24, 2.45) is 0 Å². The number of aromatic nitrogens is 2. The predicted molar refractivity (Wildman–Crippen MR) is 72.7 cm³/mol. The van der Waals surface area contributed by atoms with Crippen LogP contribution in [-0.4, -0.2) is 4.98 Å². The number of nitriles is 1. The van der Waals surface area contributed by atoms with Crippen LogP contribution in [0.25, 0.3) is 10.9 Å². The van der Waals surface area contributed by atoms with Crippen LogP contribution in [0.2, 0.25) is 0 Å². The number of para-hydroxylation sites is 1. The maximum Gasteiger partial charge on any atom is 0.278 e. The molecule has 0 aliphatic rings. The highest BCUT2D eigenvalue weighted by molar-refractivity contribution is 5.80. The minimum atomic E-state index is 0.594. The lowest BCUT2D eigenvalue weighted by Crippen LogP contribution is -2.10. The highest BCUT2D eigenvalue weighted by Crippen LogP contribution is 2.16. The molecule has 0 atom stereocenters. The van der Waals surface area contributed by atoms with Gasteiger partial charge in [0.05, 0.1) is 11.1 Å². The molecule has 0 aliphatic heterocycles. The maximum absolute atomic E-state index is 8.73. The number of nitrogens with one attached hydrogen (secondary N) is 2. The number of hydrogen-bond acceptors (Lipinski definition) is 3. The minimum absolute atomic E-state index is 0.594. The quantitative estimate of drug-likeness (QED) is 0.757. The van der Waals surface area contributed by atoms with Crippen molar-refractivity contribution >= 4 is 22.5 Å². The van der Waals surface area contributed by atoms with Crippen molar-refractivity contribution < 1.29 is 4.98 Å². The topological polar surface area (TPSA) is 62.9 Å². The summed E-state index contributed by atoms with van der Waals surface area (Å²) in [5.41, 5.74) is 1.54. The molecule has 3 rings (SSSR count). The third-order valence-electron chi connectivity index (χ3n) is 2.80. The van der Waals surface area contributed by atoms with Crippen molar-refractivity contribution in [3.8, 4) is 6.07 Å². The SMILES string of the molecule is N#Cc1ccc(Nc2ccc3ccccc3n2)[nH+]c1. The first-order valence-corrected chi connectivity index (χ1v) is 5.90. The third kappa shape index (κ3) is 2.35. The van der Waals surface area contributed by atoms with Crippen molar-refractivity contribution in [3.05, 3.63) is 60.3 Å². The lowest BCUT2D eigenvalue weighted by molar-refractivity contribution is -0.360. The zero-order valence-electron chi connectivity index (χ0n) is 10.1. The Morgan fingerprint density at radius 2 is 1.95 bits per heavy atom. The van der Waals surface area contributed by atoms with Crippen LogP contribution < -0.4 is 10.3 Å². The van der Waals surface area contributed by atoms with Crippen LogP contribution >= 0.6 is 0 Å². The van der Waals surface area contributed by atoms with Gasteiger partial charge in [-0.25, -0.2) is 15.3 Å². The number of H-pyrrole nitrogens is 1. The first-order chi connectivity index (χ1) is 9.35. The van der Waals surface area contributed by atoms with Gasteiger partial charge < -0.3 is 0 Å². The van der Waals surface area contributed by atoms with E-state index in [2.05, 4.69) is 21.4 Å². The van der Waals surface area contributed by atoms with Crippen LogP contribution in [0.4, 0.5) is 11.6 Å². The minimum Gasteiger partial charge on any atom is -0.246 e. The molecule has 0 bridgehead atoms. The molecule has 0 amide bonds. The molecule has 4 heteroatoms. The van der Waals surface area contributed by atoms with Gasteiger partial charge in [-0.2, -0.15) is 5.26 Å². The van der Waals surface area contributed by atoms with Gasteiger partial charge in [-0.1, -0.05) is 18.2 Å². The first-order valence-electron chi connectivity index (χ1n) is 5.90. The Hall–Kier alpha value is -2.93. The Morgan fingerprint density at radius 1 is 1.05 bits per heavy atom. The van der Waals surface area contributed by atoms with Crippen molar-refractivity contribution in [1.82, 2.24) is 4.98 Å². The molecule has 2 N–H and O–H groups in total. The standard InChI is InChI=1S/C15H10N4/c16-9-11-5-7-14(17-10-11)19-15-8-6-12-3-1-2-4-13(12)18-15/h1-8,10H,(H,17,18,19)/p+1. The second-order valence-corrected chi connectivity index (χ2v) is 4.12. The molecule has 0 fully saturated rings. The number of hydrogen-bond donors (Lipinski definition) is 1. The van der Waals surface area contributed by atoms with Crippen molar-refractivity contribution in [1.29, 1.82) is 5.26 Å². The van der Waals surface area contributed by atoms with Crippen LogP contribution in [0.1, 0.15) is 5.56 Å². The lowest BCUT2D eigenvalue weighted by atomic mass is 10.2. The second kappa shape index (κ2) is 4.75. The number of pyridine rings is 2. The van der Waals surface area contributed by atoms with E-state index in [1.54, 1.807) is 12.3 Å². The van der Waals surface area contributed by atoms with Crippen molar-refractivity contribution in [2.75, 3.05) is 5.32 Å². The molecule has 1 aromatic carbocycles. The predicted octanol–water partition coefficient (Wildman–Crippen LogP) is 2.66. The zero-order chi connectivity index (χ0) is 13.1.